The Morgan fingerprint density at radius 3 is 3.04 bits per heavy atom. The summed E-state index contributed by atoms with van der Waals surface area (Å²) >= 11 is 0. The normalized spacial score (nSPS) is 17.6. The number of nitrogens with zero attached hydrogens (tertiary/aromatic N) is 3. The van der Waals surface area contributed by atoms with Gasteiger partial charge in [-0.2, -0.15) is 4.98 Å². The first-order chi connectivity index (χ1) is 12.1. The van der Waals surface area contributed by atoms with E-state index in [1.807, 2.05) is 0 Å². The molecular weight excluding hydrogens is 330 g/mol. The van der Waals surface area contributed by atoms with E-state index in [4.69, 9.17) is 18.8 Å². The molecule has 0 aromatic carbocycles. The lowest BCUT2D eigenvalue weighted by Gasteiger charge is -2.34. The molecule has 3 rings (SSSR count). The molecule has 0 unspecified atom stereocenters. The maximum absolute atomic E-state index is 12.4. The van der Waals surface area contributed by atoms with Gasteiger partial charge in [-0.1, -0.05) is 5.16 Å². The second-order valence-electron chi connectivity index (χ2n) is 5.76. The lowest BCUT2D eigenvalue weighted by molar-refractivity contribution is -0.146. The summed E-state index contributed by atoms with van der Waals surface area (Å²) in [5.74, 6) is 0.310. The number of amides is 1. The van der Waals surface area contributed by atoms with Crippen molar-refractivity contribution in [2.24, 2.45) is 0 Å². The van der Waals surface area contributed by atoms with Gasteiger partial charge in [-0.3, -0.25) is 9.59 Å². The van der Waals surface area contributed by atoms with E-state index in [2.05, 4.69) is 10.1 Å². The first kappa shape index (κ1) is 17.2. The Hall–Kier alpha value is -2.68. The fourth-order valence-electron chi connectivity index (χ4n) is 2.75. The summed E-state index contributed by atoms with van der Waals surface area (Å²) in [5, 5.41) is 12.8. The van der Waals surface area contributed by atoms with Crippen LogP contribution < -0.4 is 0 Å². The van der Waals surface area contributed by atoms with Crippen molar-refractivity contribution in [2.45, 2.75) is 31.7 Å². The van der Waals surface area contributed by atoms with E-state index in [9.17, 15) is 9.59 Å². The van der Waals surface area contributed by atoms with Crippen LogP contribution >= 0.6 is 0 Å². The number of aryl methyl sites for hydroxylation is 1. The van der Waals surface area contributed by atoms with Crippen LogP contribution in [0.15, 0.2) is 27.3 Å². The molecule has 1 aliphatic rings. The average Bonchev–Trinajstić information content (AvgIpc) is 3.26. The zero-order valence-electron chi connectivity index (χ0n) is 13.6. The highest BCUT2D eigenvalue weighted by Crippen LogP contribution is 2.17. The van der Waals surface area contributed by atoms with Gasteiger partial charge in [-0.25, -0.2) is 0 Å². The van der Waals surface area contributed by atoms with Crippen LogP contribution in [0.2, 0.25) is 0 Å². The van der Waals surface area contributed by atoms with Crippen LogP contribution in [-0.4, -0.2) is 57.8 Å². The Morgan fingerprint density at radius 2 is 2.28 bits per heavy atom. The van der Waals surface area contributed by atoms with Crippen LogP contribution in [-0.2, 0) is 20.7 Å². The minimum Gasteiger partial charge on any atom is -0.481 e. The van der Waals surface area contributed by atoms with Crippen LogP contribution in [0, 0.1) is 0 Å². The van der Waals surface area contributed by atoms with Crippen LogP contribution in [0.5, 0.6) is 0 Å². The quantitative estimate of drug-likeness (QED) is 0.795. The topological polar surface area (TPSA) is 119 Å². The molecule has 9 heteroatoms. The number of furan rings is 1. The molecule has 0 bridgehead atoms. The number of carboxylic acid groups (broad SMARTS) is 1. The summed E-state index contributed by atoms with van der Waals surface area (Å²) in [7, 11) is 0. The molecular formula is C16H19N3O6. The number of carbonyl (C=O) groups is 2. The Balaban J connectivity index is 1.49. The van der Waals surface area contributed by atoms with E-state index in [1.165, 1.54) is 6.26 Å². The molecule has 1 atom stereocenters. The Morgan fingerprint density at radius 1 is 1.40 bits per heavy atom. The zero-order chi connectivity index (χ0) is 17.6. The first-order valence-corrected chi connectivity index (χ1v) is 8.09. The minimum absolute atomic E-state index is 0.0830. The minimum atomic E-state index is -0.940. The molecule has 1 N–H and O–H groups in total. The summed E-state index contributed by atoms with van der Waals surface area (Å²) < 4.78 is 15.6. The molecule has 2 aromatic heterocycles. The second kappa shape index (κ2) is 7.93. The molecule has 0 saturated carbocycles. The summed E-state index contributed by atoms with van der Waals surface area (Å²) in [6.07, 6.45) is 2.71. The van der Waals surface area contributed by atoms with Gasteiger partial charge in [0, 0.05) is 19.4 Å². The van der Waals surface area contributed by atoms with Gasteiger partial charge < -0.3 is 23.7 Å². The summed E-state index contributed by atoms with van der Waals surface area (Å²) in [6.45, 7) is 1.10. The third kappa shape index (κ3) is 4.44. The SMILES string of the molecule is O=C(O)C[C@H]1COCCN1C(=O)CCCc1nc(-c2ccco2)no1. The number of ether oxygens (including phenoxy) is 1. The second-order valence-corrected chi connectivity index (χ2v) is 5.76. The number of aromatic nitrogens is 2. The van der Waals surface area contributed by atoms with Crippen molar-refractivity contribution in [2.75, 3.05) is 19.8 Å². The van der Waals surface area contributed by atoms with Gasteiger partial charge in [0.25, 0.3) is 0 Å². The van der Waals surface area contributed by atoms with Gasteiger partial charge in [-0.15, -0.1) is 0 Å². The van der Waals surface area contributed by atoms with Crippen LogP contribution in [0.1, 0.15) is 25.2 Å². The largest absolute Gasteiger partial charge is 0.481 e. The molecule has 1 amide bonds. The summed E-state index contributed by atoms with van der Waals surface area (Å²) in [6, 6.07) is 3.06. The van der Waals surface area contributed by atoms with E-state index in [-0.39, 0.29) is 25.4 Å². The van der Waals surface area contributed by atoms with E-state index < -0.39 is 12.0 Å². The summed E-state index contributed by atoms with van der Waals surface area (Å²) in [5.41, 5.74) is 0. The third-order valence-corrected chi connectivity index (χ3v) is 3.95. The van der Waals surface area contributed by atoms with Crippen molar-refractivity contribution in [1.29, 1.82) is 0 Å². The molecule has 0 aliphatic carbocycles. The lowest BCUT2D eigenvalue weighted by atomic mass is 10.1. The molecule has 134 valence electrons. The van der Waals surface area contributed by atoms with Crippen molar-refractivity contribution in [3.8, 4) is 11.6 Å². The van der Waals surface area contributed by atoms with Gasteiger partial charge in [0.2, 0.25) is 17.6 Å². The highest BCUT2D eigenvalue weighted by molar-refractivity contribution is 5.77. The standard InChI is InChI=1S/C16H19N3O6/c20-14(19-6-8-23-10-11(19)9-15(21)22)5-1-4-13-17-16(18-25-13)12-3-2-7-24-12/h2-3,7,11H,1,4-6,8-10H2,(H,21,22)/t11-/m0/s1. The smallest absolute Gasteiger partial charge is 0.305 e. The van der Waals surface area contributed by atoms with Crippen molar-refractivity contribution in [3.63, 3.8) is 0 Å². The van der Waals surface area contributed by atoms with Gasteiger partial charge in [0.15, 0.2) is 5.76 Å². The van der Waals surface area contributed by atoms with Gasteiger partial charge in [0.05, 0.1) is 31.9 Å². The lowest BCUT2D eigenvalue weighted by Crippen LogP contribution is -2.49. The molecule has 25 heavy (non-hydrogen) atoms. The molecule has 0 spiro atoms. The Bertz CT molecular complexity index is 711. The third-order valence-electron chi connectivity index (χ3n) is 3.95. The van der Waals surface area contributed by atoms with Crippen LogP contribution in [0.4, 0.5) is 0 Å². The van der Waals surface area contributed by atoms with Gasteiger partial charge >= 0.3 is 5.97 Å². The molecule has 1 aliphatic heterocycles. The number of carboxylic acids is 1. The molecule has 1 fully saturated rings. The number of morpholine rings is 1. The molecule has 0 radical (unpaired) electrons. The molecule has 3 heterocycles. The molecule has 9 nitrogen and oxygen atoms in total. The van der Waals surface area contributed by atoms with E-state index in [0.29, 0.717) is 43.5 Å². The van der Waals surface area contributed by atoms with Crippen LogP contribution in [0.3, 0.4) is 0 Å². The highest BCUT2D eigenvalue weighted by Gasteiger charge is 2.28. The summed E-state index contributed by atoms with van der Waals surface area (Å²) in [4.78, 5) is 29.1. The number of hydrogen-bond donors (Lipinski definition) is 1. The Kier molecular flexibility index (Phi) is 5.44. The van der Waals surface area contributed by atoms with Crippen molar-refractivity contribution >= 4 is 11.9 Å². The molecule has 1 saturated heterocycles. The van der Waals surface area contributed by atoms with Gasteiger partial charge in [-0.05, 0) is 18.6 Å². The number of aliphatic carboxylic acids is 1. The molecule has 2 aromatic rings. The Labute approximate surface area is 143 Å². The van der Waals surface area contributed by atoms with E-state index >= 15 is 0 Å². The van der Waals surface area contributed by atoms with Crippen LogP contribution in [0.25, 0.3) is 11.6 Å². The monoisotopic (exact) mass is 349 g/mol. The van der Waals surface area contributed by atoms with Crippen molar-refractivity contribution in [3.05, 3.63) is 24.3 Å². The average molecular weight is 349 g/mol. The maximum atomic E-state index is 12.4. The predicted octanol–water partition coefficient (Wildman–Crippen LogP) is 1.35. The fourth-order valence-corrected chi connectivity index (χ4v) is 2.75. The highest BCUT2D eigenvalue weighted by atomic mass is 16.5. The number of hydrogen-bond acceptors (Lipinski definition) is 7. The number of carbonyl (C=O) groups excluding carboxylic acids is 1. The van der Waals surface area contributed by atoms with Crippen molar-refractivity contribution in [1.82, 2.24) is 15.0 Å². The zero-order valence-corrected chi connectivity index (χ0v) is 13.6. The van der Waals surface area contributed by atoms with Gasteiger partial charge in [0.1, 0.15) is 0 Å². The first-order valence-electron chi connectivity index (χ1n) is 8.09. The fraction of sp³-hybridized carbons (Fsp3) is 0.500. The van der Waals surface area contributed by atoms with Crippen molar-refractivity contribution < 1.29 is 28.4 Å². The van der Waals surface area contributed by atoms with E-state index in [0.717, 1.165) is 0 Å². The van der Waals surface area contributed by atoms with E-state index in [1.54, 1.807) is 17.0 Å². The number of rotatable bonds is 7. The maximum Gasteiger partial charge on any atom is 0.305 e. The predicted molar refractivity (Wildman–Crippen MR) is 83.5 cm³/mol.